The molecule has 2 heterocycles. The molecular weight excluding hydrogens is 387 g/mol. The highest BCUT2D eigenvalue weighted by atomic mass is 19.1. The highest BCUT2D eigenvalue weighted by Gasteiger charge is 2.30. The second-order valence-electron chi connectivity index (χ2n) is 8.23. The Morgan fingerprint density at radius 1 is 1.17 bits per heavy atom. The number of benzene rings is 1. The van der Waals surface area contributed by atoms with Crippen molar-refractivity contribution < 1.29 is 18.8 Å². The van der Waals surface area contributed by atoms with E-state index in [-0.39, 0.29) is 35.2 Å². The van der Waals surface area contributed by atoms with Gasteiger partial charge < -0.3 is 10.6 Å². The fourth-order valence-electron chi connectivity index (χ4n) is 4.58. The Hall–Kier alpha value is -2.90. The first-order valence-corrected chi connectivity index (χ1v) is 10.5. The van der Waals surface area contributed by atoms with E-state index in [0.29, 0.717) is 32.4 Å². The van der Waals surface area contributed by atoms with Crippen LogP contribution in [0, 0.1) is 11.7 Å². The van der Waals surface area contributed by atoms with Crippen LogP contribution in [0.5, 0.6) is 0 Å². The summed E-state index contributed by atoms with van der Waals surface area (Å²) in [6, 6.07) is 4.30. The molecule has 1 fully saturated rings. The zero-order chi connectivity index (χ0) is 21.3. The maximum Gasteiger partial charge on any atom is 0.291 e. The van der Waals surface area contributed by atoms with Crippen LogP contribution in [0.25, 0.3) is 0 Å². The van der Waals surface area contributed by atoms with Crippen molar-refractivity contribution in [3.05, 3.63) is 46.3 Å². The Morgan fingerprint density at radius 3 is 2.63 bits per heavy atom. The third kappa shape index (κ3) is 4.04. The quantitative estimate of drug-likeness (QED) is 0.822. The Kier molecular flexibility index (Phi) is 5.74. The van der Waals surface area contributed by atoms with Crippen LogP contribution in [0.3, 0.4) is 0 Å². The molecular formula is C22H25FN4O3. The molecule has 2 aliphatic heterocycles. The van der Waals surface area contributed by atoms with E-state index in [4.69, 9.17) is 5.73 Å². The Morgan fingerprint density at radius 2 is 1.90 bits per heavy atom. The molecule has 7 nitrogen and oxygen atoms in total. The summed E-state index contributed by atoms with van der Waals surface area (Å²) in [5.74, 6) is -1.78. The summed E-state index contributed by atoms with van der Waals surface area (Å²) in [7, 11) is 0. The van der Waals surface area contributed by atoms with Crippen LogP contribution >= 0.6 is 0 Å². The van der Waals surface area contributed by atoms with Crippen molar-refractivity contribution >= 4 is 17.7 Å². The number of carbonyl (C=O) groups is 3. The minimum Gasteiger partial charge on any atom is -0.369 e. The molecule has 1 saturated heterocycles. The molecule has 1 aromatic rings. The molecule has 158 valence electrons. The zero-order valence-electron chi connectivity index (χ0n) is 16.8. The summed E-state index contributed by atoms with van der Waals surface area (Å²) < 4.78 is 14.5. The van der Waals surface area contributed by atoms with E-state index in [0.717, 1.165) is 42.4 Å². The Bertz CT molecular complexity index is 948. The Balaban J connectivity index is 1.50. The SMILES string of the molecule is NC(=O)C1CCN(C(=O)c2cc(CC3N=NC(=O)C4=C3CCCC4)ccc2F)CC1. The molecule has 2 N–H and O–H groups in total. The van der Waals surface area contributed by atoms with Crippen molar-refractivity contribution in [2.75, 3.05) is 13.1 Å². The molecule has 1 aliphatic carbocycles. The molecule has 8 heteroatoms. The molecule has 0 aromatic heterocycles. The van der Waals surface area contributed by atoms with Gasteiger partial charge in [-0.3, -0.25) is 14.4 Å². The van der Waals surface area contributed by atoms with Crippen LogP contribution in [0.15, 0.2) is 39.6 Å². The zero-order valence-corrected chi connectivity index (χ0v) is 16.8. The van der Waals surface area contributed by atoms with Crippen LogP contribution in [0.4, 0.5) is 4.39 Å². The van der Waals surface area contributed by atoms with Crippen LogP contribution in [-0.4, -0.2) is 41.8 Å². The summed E-state index contributed by atoms with van der Waals surface area (Å²) in [6.07, 6.45) is 5.02. The lowest BCUT2D eigenvalue weighted by Gasteiger charge is -2.31. The van der Waals surface area contributed by atoms with Gasteiger partial charge in [-0.1, -0.05) is 6.07 Å². The van der Waals surface area contributed by atoms with Gasteiger partial charge in [-0.2, -0.15) is 5.11 Å². The van der Waals surface area contributed by atoms with E-state index >= 15 is 0 Å². The fourth-order valence-corrected chi connectivity index (χ4v) is 4.58. The molecule has 3 amide bonds. The van der Waals surface area contributed by atoms with Crippen LogP contribution in [0.1, 0.15) is 54.4 Å². The third-order valence-electron chi connectivity index (χ3n) is 6.33. The minimum atomic E-state index is -0.571. The highest BCUT2D eigenvalue weighted by Crippen LogP contribution is 2.34. The lowest BCUT2D eigenvalue weighted by atomic mass is 9.84. The second-order valence-corrected chi connectivity index (χ2v) is 8.23. The van der Waals surface area contributed by atoms with Gasteiger partial charge in [0.05, 0.1) is 11.6 Å². The fraction of sp³-hybridized carbons (Fsp3) is 0.500. The average Bonchev–Trinajstić information content (AvgIpc) is 2.76. The second kappa shape index (κ2) is 8.45. The number of nitrogens with zero attached hydrogens (tertiary/aromatic N) is 3. The van der Waals surface area contributed by atoms with Gasteiger partial charge in [-0.05, 0) is 61.8 Å². The molecule has 1 aromatic carbocycles. The third-order valence-corrected chi connectivity index (χ3v) is 6.33. The summed E-state index contributed by atoms with van der Waals surface area (Å²) in [5.41, 5.74) is 7.95. The maximum atomic E-state index is 14.5. The molecule has 30 heavy (non-hydrogen) atoms. The first kappa shape index (κ1) is 20.4. The van der Waals surface area contributed by atoms with Crippen molar-refractivity contribution in [2.24, 2.45) is 21.9 Å². The standard InChI is InChI=1S/C22H25FN4O3/c23-18-6-5-13(12-19-15-3-1-2-4-16(15)21(29)26-25-19)11-17(18)22(30)27-9-7-14(8-10-27)20(24)28/h5-6,11,14,19H,1-4,7-10,12H2,(H2,24,28). The largest absolute Gasteiger partial charge is 0.369 e. The lowest BCUT2D eigenvalue weighted by Crippen LogP contribution is -2.42. The minimum absolute atomic E-state index is 0.0201. The first-order chi connectivity index (χ1) is 14.4. The number of halogens is 1. The number of carbonyl (C=O) groups excluding carboxylic acids is 3. The number of nitrogens with two attached hydrogens (primary N) is 1. The predicted molar refractivity (Wildman–Crippen MR) is 107 cm³/mol. The van der Waals surface area contributed by atoms with Crippen molar-refractivity contribution in [3.8, 4) is 0 Å². The maximum absolute atomic E-state index is 14.5. The number of azo groups is 1. The van der Waals surface area contributed by atoms with Gasteiger partial charge in [0.25, 0.3) is 11.8 Å². The van der Waals surface area contributed by atoms with Gasteiger partial charge in [0.1, 0.15) is 5.82 Å². The number of hydrogen-bond donors (Lipinski definition) is 1. The number of primary amides is 1. The number of hydrogen-bond acceptors (Lipinski definition) is 4. The van der Waals surface area contributed by atoms with Gasteiger partial charge in [-0.15, -0.1) is 5.11 Å². The summed E-state index contributed by atoms with van der Waals surface area (Å²) in [5, 5.41) is 7.99. The Labute approximate surface area is 174 Å². The van der Waals surface area contributed by atoms with Gasteiger partial charge >= 0.3 is 0 Å². The first-order valence-electron chi connectivity index (χ1n) is 10.5. The van der Waals surface area contributed by atoms with Crippen molar-refractivity contribution in [1.82, 2.24) is 4.90 Å². The van der Waals surface area contributed by atoms with Crippen molar-refractivity contribution in [3.63, 3.8) is 0 Å². The van der Waals surface area contributed by atoms with Gasteiger partial charge in [0, 0.05) is 31.0 Å². The lowest BCUT2D eigenvalue weighted by molar-refractivity contribution is -0.123. The van der Waals surface area contributed by atoms with Crippen LogP contribution < -0.4 is 5.73 Å². The molecule has 4 rings (SSSR count). The van der Waals surface area contributed by atoms with Crippen molar-refractivity contribution in [1.29, 1.82) is 0 Å². The summed E-state index contributed by atoms with van der Waals surface area (Å²) in [6.45, 7) is 0.761. The molecule has 0 bridgehead atoms. The van der Waals surface area contributed by atoms with Gasteiger partial charge in [0.15, 0.2) is 0 Å². The molecule has 1 unspecified atom stereocenters. The number of piperidine rings is 1. The number of likely N-dealkylation sites (tertiary alicyclic amines) is 1. The number of amides is 3. The van der Waals surface area contributed by atoms with Crippen LogP contribution in [-0.2, 0) is 16.0 Å². The predicted octanol–water partition coefficient (Wildman–Crippen LogP) is 2.94. The van der Waals surface area contributed by atoms with Gasteiger partial charge in [0.2, 0.25) is 5.91 Å². The number of rotatable bonds is 4. The normalized spacial score (nSPS) is 22.2. The molecule has 1 atom stereocenters. The summed E-state index contributed by atoms with van der Waals surface area (Å²) >= 11 is 0. The molecule has 0 spiro atoms. The smallest absolute Gasteiger partial charge is 0.291 e. The molecule has 0 saturated carbocycles. The highest BCUT2D eigenvalue weighted by molar-refractivity contribution is 5.96. The van der Waals surface area contributed by atoms with Crippen molar-refractivity contribution in [2.45, 2.75) is 51.0 Å². The van der Waals surface area contributed by atoms with E-state index in [2.05, 4.69) is 10.2 Å². The van der Waals surface area contributed by atoms with Gasteiger partial charge in [-0.25, -0.2) is 4.39 Å². The molecule has 0 radical (unpaired) electrons. The monoisotopic (exact) mass is 412 g/mol. The van der Waals surface area contributed by atoms with E-state index in [1.807, 2.05) is 0 Å². The topological polar surface area (TPSA) is 105 Å². The molecule has 3 aliphatic rings. The van der Waals surface area contributed by atoms with E-state index in [1.54, 1.807) is 17.0 Å². The summed E-state index contributed by atoms with van der Waals surface area (Å²) in [4.78, 5) is 37.8. The average molecular weight is 412 g/mol. The van der Waals surface area contributed by atoms with E-state index < -0.39 is 5.82 Å². The van der Waals surface area contributed by atoms with E-state index in [1.165, 1.54) is 6.07 Å². The van der Waals surface area contributed by atoms with E-state index in [9.17, 15) is 18.8 Å². The van der Waals surface area contributed by atoms with Crippen LogP contribution in [0.2, 0.25) is 0 Å².